The summed E-state index contributed by atoms with van der Waals surface area (Å²) in [4.78, 5) is 19.7. The topological polar surface area (TPSA) is 65.5 Å². The standard InChI is InChI=1S/C22H17Cl2N3O2S2/c23-20-18(22(29)25-6-4-14-5-8-31-21(14)24)11-16(12-26-20)27-7-9-30-19(13-27)15-2-1-3-17(28)10-15/h1-3,5,7-13,28H,4,6H2,(H,25,29). The summed E-state index contributed by atoms with van der Waals surface area (Å²) >= 11 is 15.3. The van der Waals surface area contributed by atoms with Gasteiger partial charge in [0.2, 0.25) is 0 Å². The molecule has 0 bridgehead atoms. The number of thioether (sulfide) groups is 1. The zero-order valence-electron chi connectivity index (χ0n) is 16.1. The number of carbonyl (C=O) groups is 1. The lowest BCUT2D eigenvalue weighted by molar-refractivity contribution is 0.0954. The summed E-state index contributed by atoms with van der Waals surface area (Å²) in [5.41, 5.74) is 2.90. The van der Waals surface area contributed by atoms with Gasteiger partial charge in [0.05, 0.1) is 21.8 Å². The lowest BCUT2D eigenvalue weighted by Gasteiger charge is -2.22. The number of benzene rings is 1. The van der Waals surface area contributed by atoms with Crippen molar-refractivity contribution in [2.24, 2.45) is 0 Å². The SMILES string of the molecule is O=C(NCCc1ccsc1Cl)c1cc(N2C=CSC(c3cccc(O)c3)=C2)cnc1Cl. The number of thiophene rings is 1. The number of hydrogen-bond donors (Lipinski definition) is 2. The number of hydrogen-bond acceptors (Lipinski definition) is 6. The zero-order valence-corrected chi connectivity index (χ0v) is 19.2. The van der Waals surface area contributed by atoms with Crippen LogP contribution in [0.3, 0.4) is 0 Å². The monoisotopic (exact) mass is 489 g/mol. The second-order valence-electron chi connectivity index (χ2n) is 6.61. The van der Waals surface area contributed by atoms with E-state index in [4.69, 9.17) is 23.2 Å². The summed E-state index contributed by atoms with van der Waals surface area (Å²) in [6.45, 7) is 0.442. The van der Waals surface area contributed by atoms with Crippen molar-refractivity contribution in [2.75, 3.05) is 11.4 Å². The molecule has 3 aromatic rings. The van der Waals surface area contributed by atoms with Crippen LogP contribution in [-0.2, 0) is 6.42 Å². The first-order valence-corrected chi connectivity index (χ1v) is 11.8. The van der Waals surface area contributed by atoms with Gasteiger partial charge < -0.3 is 15.3 Å². The molecule has 31 heavy (non-hydrogen) atoms. The smallest absolute Gasteiger partial charge is 0.254 e. The molecule has 1 amide bonds. The van der Waals surface area contributed by atoms with Crippen LogP contribution in [0.4, 0.5) is 5.69 Å². The predicted octanol–water partition coefficient (Wildman–Crippen LogP) is 6.15. The van der Waals surface area contributed by atoms with Gasteiger partial charge in [0, 0.05) is 23.8 Å². The second-order valence-corrected chi connectivity index (χ2v) is 9.44. The average molecular weight is 490 g/mol. The number of carbonyl (C=O) groups excluding carboxylic acids is 1. The molecular formula is C22H17Cl2N3O2S2. The van der Waals surface area contributed by atoms with Crippen LogP contribution in [0.5, 0.6) is 5.75 Å². The number of aromatic nitrogens is 1. The van der Waals surface area contributed by atoms with Gasteiger partial charge in [-0.3, -0.25) is 4.79 Å². The molecule has 1 aromatic carbocycles. The molecule has 0 radical (unpaired) electrons. The Morgan fingerprint density at radius 2 is 2.10 bits per heavy atom. The quantitative estimate of drug-likeness (QED) is 0.406. The minimum absolute atomic E-state index is 0.141. The van der Waals surface area contributed by atoms with Gasteiger partial charge in [-0.2, -0.15) is 0 Å². The summed E-state index contributed by atoms with van der Waals surface area (Å²) in [5.74, 6) is -0.0887. The number of phenols is 1. The molecule has 9 heteroatoms. The summed E-state index contributed by atoms with van der Waals surface area (Å²) in [5, 5.41) is 16.6. The van der Waals surface area contributed by atoms with Gasteiger partial charge in [-0.05, 0) is 52.6 Å². The van der Waals surface area contributed by atoms with E-state index in [9.17, 15) is 9.90 Å². The molecule has 0 spiro atoms. The van der Waals surface area contributed by atoms with Gasteiger partial charge in [0.1, 0.15) is 10.9 Å². The lowest BCUT2D eigenvalue weighted by atomic mass is 10.2. The molecule has 1 aliphatic heterocycles. The Morgan fingerprint density at radius 3 is 2.87 bits per heavy atom. The summed E-state index contributed by atoms with van der Waals surface area (Å²) in [6, 6.07) is 10.7. The van der Waals surface area contributed by atoms with Gasteiger partial charge in [-0.25, -0.2) is 4.98 Å². The van der Waals surface area contributed by atoms with E-state index in [1.807, 2.05) is 40.2 Å². The molecule has 4 rings (SSSR count). The highest BCUT2D eigenvalue weighted by Crippen LogP contribution is 2.35. The Morgan fingerprint density at radius 1 is 1.23 bits per heavy atom. The average Bonchev–Trinajstić information content (AvgIpc) is 3.19. The fourth-order valence-electron chi connectivity index (χ4n) is 2.97. The number of nitrogens with zero attached hydrogens (tertiary/aromatic N) is 2. The van der Waals surface area contributed by atoms with Crippen LogP contribution in [-0.4, -0.2) is 22.5 Å². The molecule has 2 N–H and O–H groups in total. The number of amides is 1. The van der Waals surface area contributed by atoms with Crippen molar-refractivity contribution in [3.8, 4) is 5.75 Å². The molecule has 158 valence electrons. The van der Waals surface area contributed by atoms with E-state index in [0.717, 1.165) is 20.4 Å². The van der Waals surface area contributed by atoms with Crippen LogP contribution in [0.25, 0.3) is 4.91 Å². The molecule has 2 aromatic heterocycles. The van der Waals surface area contributed by atoms with E-state index in [1.165, 1.54) is 11.3 Å². The van der Waals surface area contributed by atoms with Gasteiger partial charge in [0.15, 0.2) is 0 Å². The Hall–Kier alpha value is -2.45. The van der Waals surface area contributed by atoms with Gasteiger partial charge in [-0.1, -0.05) is 47.1 Å². The van der Waals surface area contributed by atoms with Crippen molar-refractivity contribution in [1.82, 2.24) is 10.3 Å². The van der Waals surface area contributed by atoms with E-state index in [1.54, 1.807) is 42.2 Å². The Labute approximate surface area is 198 Å². The molecule has 0 fully saturated rings. The van der Waals surface area contributed by atoms with Crippen LogP contribution in [0, 0.1) is 0 Å². The number of anilines is 1. The van der Waals surface area contributed by atoms with Crippen molar-refractivity contribution < 1.29 is 9.90 Å². The molecule has 0 unspecified atom stereocenters. The van der Waals surface area contributed by atoms with Crippen molar-refractivity contribution in [2.45, 2.75) is 6.42 Å². The third-order valence-electron chi connectivity index (χ3n) is 4.54. The highest BCUT2D eigenvalue weighted by atomic mass is 35.5. The van der Waals surface area contributed by atoms with Crippen molar-refractivity contribution in [3.05, 3.63) is 92.0 Å². The maximum absolute atomic E-state index is 12.7. The van der Waals surface area contributed by atoms with Gasteiger partial charge in [-0.15, -0.1) is 11.3 Å². The summed E-state index contributed by atoms with van der Waals surface area (Å²) in [6.07, 6.45) is 6.05. The van der Waals surface area contributed by atoms with Crippen molar-refractivity contribution in [1.29, 1.82) is 0 Å². The fourth-order valence-corrected chi connectivity index (χ4v) is 4.92. The molecule has 5 nitrogen and oxygen atoms in total. The molecule has 0 saturated carbocycles. The molecule has 0 atom stereocenters. The number of halogens is 2. The molecule has 1 aliphatic rings. The maximum atomic E-state index is 12.7. The number of aromatic hydroxyl groups is 1. The molecule has 0 saturated heterocycles. The van der Waals surface area contributed by atoms with E-state index >= 15 is 0 Å². The van der Waals surface area contributed by atoms with E-state index in [-0.39, 0.29) is 16.8 Å². The fraction of sp³-hybridized carbons (Fsp3) is 0.0909. The number of rotatable bonds is 6. The van der Waals surface area contributed by atoms with Crippen molar-refractivity contribution >= 4 is 62.8 Å². The zero-order chi connectivity index (χ0) is 21.8. The van der Waals surface area contributed by atoms with Gasteiger partial charge in [0.25, 0.3) is 5.91 Å². The first-order valence-electron chi connectivity index (χ1n) is 9.30. The van der Waals surface area contributed by atoms with Crippen LogP contribution in [0.2, 0.25) is 9.49 Å². The van der Waals surface area contributed by atoms with Crippen LogP contribution in [0.1, 0.15) is 21.5 Å². The van der Waals surface area contributed by atoms with E-state index in [0.29, 0.717) is 24.2 Å². The first kappa shape index (κ1) is 21.8. The van der Waals surface area contributed by atoms with Crippen molar-refractivity contribution in [3.63, 3.8) is 0 Å². The summed E-state index contributed by atoms with van der Waals surface area (Å²) < 4.78 is 0.736. The predicted molar refractivity (Wildman–Crippen MR) is 130 cm³/mol. The molecule has 0 aliphatic carbocycles. The van der Waals surface area contributed by atoms with Crippen LogP contribution < -0.4 is 10.2 Å². The number of phenolic OH excluding ortho intramolecular Hbond substituents is 1. The number of pyridine rings is 1. The van der Waals surface area contributed by atoms with E-state index < -0.39 is 0 Å². The van der Waals surface area contributed by atoms with Gasteiger partial charge >= 0.3 is 0 Å². The largest absolute Gasteiger partial charge is 0.508 e. The third kappa shape index (κ3) is 5.25. The third-order valence-corrected chi connectivity index (χ3v) is 6.95. The Bertz CT molecular complexity index is 1180. The molecule has 3 heterocycles. The number of nitrogens with one attached hydrogen (secondary N) is 1. The maximum Gasteiger partial charge on any atom is 0.254 e. The highest BCUT2D eigenvalue weighted by molar-refractivity contribution is 8.11. The van der Waals surface area contributed by atoms with E-state index in [2.05, 4.69) is 10.3 Å². The second kappa shape index (κ2) is 9.78. The Balaban J connectivity index is 1.50. The Kier molecular flexibility index (Phi) is 6.87. The highest BCUT2D eigenvalue weighted by Gasteiger charge is 2.16. The normalized spacial score (nSPS) is 13.2. The minimum atomic E-state index is -0.293. The lowest BCUT2D eigenvalue weighted by Crippen LogP contribution is -2.26. The van der Waals surface area contributed by atoms with Crippen LogP contribution in [0.15, 0.2) is 65.8 Å². The first-order chi connectivity index (χ1) is 15.0. The minimum Gasteiger partial charge on any atom is -0.508 e. The van der Waals surface area contributed by atoms with Crippen LogP contribution >= 0.6 is 46.3 Å². The molecular weight excluding hydrogens is 473 g/mol. The summed E-state index contributed by atoms with van der Waals surface area (Å²) in [7, 11) is 0.